The third-order valence-corrected chi connectivity index (χ3v) is 2.21. The summed E-state index contributed by atoms with van der Waals surface area (Å²) >= 11 is 0. The molecule has 1 saturated heterocycles. The van der Waals surface area contributed by atoms with Crippen LogP contribution in [0.3, 0.4) is 0 Å². The van der Waals surface area contributed by atoms with Gasteiger partial charge in [-0.3, -0.25) is 14.4 Å². The number of hydroxylamine groups is 2. The normalized spacial score (nSPS) is 22.0. The van der Waals surface area contributed by atoms with Crippen molar-refractivity contribution in [2.24, 2.45) is 5.41 Å². The lowest BCUT2D eigenvalue weighted by Gasteiger charge is -2.19. The van der Waals surface area contributed by atoms with Crippen LogP contribution >= 0.6 is 0 Å². The van der Waals surface area contributed by atoms with Crippen molar-refractivity contribution >= 4 is 11.8 Å². The van der Waals surface area contributed by atoms with E-state index in [1.807, 2.05) is 6.92 Å². The first kappa shape index (κ1) is 12.0. The van der Waals surface area contributed by atoms with Crippen molar-refractivity contribution in [2.45, 2.75) is 33.7 Å². The Balaban J connectivity index is 2.55. The molecule has 5 heteroatoms. The highest BCUT2D eigenvalue weighted by molar-refractivity contribution is 5.90. The van der Waals surface area contributed by atoms with Crippen LogP contribution in [0.25, 0.3) is 0 Å². The molecule has 15 heavy (non-hydrogen) atoms. The summed E-state index contributed by atoms with van der Waals surface area (Å²) < 4.78 is 0. The second-order valence-electron chi connectivity index (χ2n) is 4.60. The number of hydrogen-bond donors (Lipinski definition) is 1. The molecule has 0 radical (unpaired) electrons. The van der Waals surface area contributed by atoms with E-state index in [0.29, 0.717) is 6.54 Å². The van der Waals surface area contributed by atoms with Crippen LogP contribution in [0, 0.1) is 5.41 Å². The molecule has 86 valence electrons. The molecule has 2 amide bonds. The summed E-state index contributed by atoms with van der Waals surface area (Å²) in [6.45, 7) is 7.97. The molecule has 0 aromatic heterocycles. The smallest absolute Gasteiger partial charge is 0.271 e. The molecule has 0 saturated carbocycles. The molecule has 1 unspecified atom stereocenters. The van der Waals surface area contributed by atoms with Gasteiger partial charge in [-0.15, -0.1) is 0 Å². The minimum absolute atomic E-state index is 0.137. The average molecular weight is 214 g/mol. The molecule has 5 nitrogen and oxygen atoms in total. The topological polar surface area (TPSA) is 58.6 Å². The van der Waals surface area contributed by atoms with E-state index in [0.717, 1.165) is 0 Å². The van der Waals surface area contributed by atoms with E-state index >= 15 is 0 Å². The molecule has 1 aliphatic rings. The predicted molar refractivity (Wildman–Crippen MR) is 54.7 cm³/mol. The van der Waals surface area contributed by atoms with Crippen LogP contribution in [0.15, 0.2) is 0 Å². The number of likely N-dealkylation sites (N-methyl/N-ethyl adjacent to an activating group) is 1. The van der Waals surface area contributed by atoms with E-state index in [1.54, 1.807) is 20.8 Å². The molecule has 0 spiro atoms. The van der Waals surface area contributed by atoms with Crippen LogP contribution in [0.1, 0.15) is 27.7 Å². The fourth-order valence-electron chi connectivity index (χ4n) is 1.20. The summed E-state index contributed by atoms with van der Waals surface area (Å²) in [4.78, 5) is 28.3. The Labute approximate surface area is 89.7 Å². The van der Waals surface area contributed by atoms with Gasteiger partial charge in [-0.2, -0.15) is 0 Å². The number of amides is 2. The molecular formula is C10H18N2O3. The second-order valence-corrected chi connectivity index (χ2v) is 4.60. The fraction of sp³-hybridized carbons (Fsp3) is 0.800. The summed E-state index contributed by atoms with van der Waals surface area (Å²) in [5, 5.41) is 3.95. The Bertz CT molecular complexity index is 270. The maximum Gasteiger partial charge on any atom is 0.271 e. The zero-order valence-electron chi connectivity index (χ0n) is 9.66. The van der Waals surface area contributed by atoms with E-state index in [-0.39, 0.29) is 18.4 Å². The summed E-state index contributed by atoms with van der Waals surface area (Å²) in [5.74, 6) is -0.308. The van der Waals surface area contributed by atoms with Crippen molar-refractivity contribution in [3.8, 4) is 0 Å². The van der Waals surface area contributed by atoms with E-state index in [9.17, 15) is 9.59 Å². The minimum Gasteiger partial charge on any atom is -0.342 e. The van der Waals surface area contributed by atoms with Gasteiger partial charge in [0.15, 0.2) is 0 Å². The van der Waals surface area contributed by atoms with Gasteiger partial charge in [-0.1, -0.05) is 20.8 Å². The average Bonchev–Trinajstić information content (AvgIpc) is 2.46. The van der Waals surface area contributed by atoms with Gasteiger partial charge in [0.1, 0.15) is 12.6 Å². The molecule has 1 N–H and O–H groups in total. The van der Waals surface area contributed by atoms with Crippen LogP contribution in [0.5, 0.6) is 0 Å². The molecule has 0 bridgehead atoms. The zero-order chi connectivity index (χ0) is 11.6. The van der Waals surface area contributed by atoms with Crippen molar-refractivity contribution in [1.29, 1.82) is 0 Å². The van der Waals surface area contributed by atoms with E-state index < -0.39 is 11.5 Å². The van der Waals surface area contributed by atoms with Gasteiger partial charge in [0.25, 0.3) is 5.91 Å². The number of carbonyl (C=O) groups excluding carboxylic acids is 2. The Morgan fingerprint density at radius 3 is 2.60 bits per heavy atom. The van der Waals surface area contributed by atoms with E-state index in [1.165, 1.54) is 5.06 Å². The van der Waals surface area contributed by atoms with Gasteiger partial charge >= 0.3 is 0 Å². The van der Waals surface area contributed by atoms with Gasteiger partial charge < -0.3 is 5.32 Å². The number of nitrogens with zero attached hydrogens (tertiary/aromatic N) is 1. The predicted octanol–water partition coefficient (Wildman–Crippen LogP) is 0.311. The van der Waals surface area contributed by atoms with Gasteiger partial charge in [-0.25, -0.2) is 5.06 Å². The molecule has 0 aromatic carbocycles. The molecule has 1 rings (SSSR count). The molecule has 1 atom stereocenters. The molecule has 1 aliphatic heterocycles. The number of rotatable bonds is 2. The zero-order valence-corrected chi connectivity index (χ0v) is 9.66. The largest absolute Gasteiger partial charge is 0.342 e. The van der Waals surface area contributed by atoms with Crippen LogP contribution < -0.4 is 5.32 Å². The molecule has 0 aliphatic carbocycles. The third kappa shape index (κ3) is 2.68. The summed E-state index contributed by atoms with van der Waals surface area (Å²) in [5.41, 5.74) is -0.486. The summed E-state index contributed by atoms with van der Waals surface area (Å²) in [6.07, 6.45) is 0. The van der Waals surface area contributed by atoms with Crippen LogP contribution in [-0.4, -0.2) is 36.1 Å². The van der Waals surface area contributed by atoms with E-state index in [4.69, 9.17) is 4.84 Å². The van der Waals surface area contributed by atoms with Gasteiger partial charge in [0, 0.05) is 12.0 Å². The van der Waals surface area contributed by atoms with E-state index in [2.05, 4.69) is 5.32 Å². The Hall–Kier alpha value is -1.10. The Kier molecular flexibility index (Phi) is 3.34. The lowest BCUT2D eigenvalue weighted by atomic mass is 9.95. The number of nitrogens with one attached hydrogen (secondary N) is 1. The standard InChI is InChI=1S/C10H18N2O3/c1-5-12-8(13)7(6-15-12)11-9(14)10(2,3)4/h7H,5-6H2,1-4H3,(H,11,14). The van der Waals surface area contributed by atoms with Crippen molar-refractivity contribution in [3.05, 3.63) is 0 Å². The molecule has 1 heterocycles. The molecule has 0 aromatic rings. The van der Waals surface area contributed by atoms with Crippen molar-refractivity contribution in [1.82, 2.24) is 10.4 Å². The van der Waals surface area contributed by atoms with Crippen molar-refractivity contribution < 1.29 is 14.4 Å². The number of carbonyl (C=O) groups is 2. The first-order valence-electron chi connectivity index (χ1n) is 5.11. The Morgan fingerprint density at radius 2 is 2.20 bits per heavy atom. The SMILES string of the molecule is CCN1OCC(NC(=O)C(C)(C)C)C1=O. The first-order chi connectivity index (χ1) is 6.86. The van der Waals surface area contributed by atoms with Gasteiger partial charge in [0.2, 0.25) is 5.91 Å². The summed E-state index contributed by atoms with van der Waals surface area (Å²) in [6, 6.07) is -0.531. The quantitative estimate of drug-likeness (QED) is 0.719. The Morgan fingerprint density at radius 1 is 1.60 bits per heavy atom. The lowest BCUT2D eigenvalue weighted by molar-refractivity contribution is -0.160. The maximum absolute atomic E-state index is 11.6. The lowest BCUT2D eigenvalue weighted by Crippen LogP contribution is -2.46. The highest BCUT2D eigenvalue weighted by atomic mass is 16.7. The highest BCUT2D eigenvalue weighted by Gasteiger charge is 2.35. The van der Waals surface area contributed by atoms with Gasteiger partial charge in [0.05, 0.1) is 0 Å². The number of hydrogen-bond acceptors (Lipinski definition) is 3. The van der Waals surface area contributed by atoms with Gasteiger partial charge in [-0.05, 0) is 6.92 Å². The van der Waals surface area contributed by atoms with Crippen molar-refractivity contribution in [2.75, 3.05) is 13.2 Å². The van der Waals surface area contributed by atoms with Crippen LogP contribution in [0.4, 0.5) is 0 Å². The maximum atomic E-state index is 11.6. The third-order valence-electron chi connectivity index (χ3n) is 2.21. The summed E-state index contributed by atoms with van der Waals surface area (Å²) in [7, 11) is 0. The minimum atomic E-state index is -0.531. The fourth-order valence-corrected chi connectivity index (χ4v) is 1.20. The monoisotopic (exact) mass is 214 g/mol. The molecule has 1 fully saturated rings. The second kappa shape index (κ2) is 4.18. The van der Waals surface area contributed by atoms with Crippen molar-refractivity contribution in [3.63, 3.8) is 0 Å². The first-order valence-corrected chi connectivity index (χ1v) is 5.11. The van der Waals surface area contributed by atoms with Crippen LogP contribution in [0.2, 0.25) is 0 Å². The van der Waals surface area contributed by atoms with Crippen LogP contribution in [-0.2, 0) is 14.4 Å². The highest BCUT2D eigenvalue weighted by Crippen LogP contribution is 2.15. The molecular weight excluding hydrogens is 196 g/mol.